The molecule has 1 fully saturated rings. The molecule has 2 amide bonds. The quantitative estimate of drug-likeness (QED) is 0.300. The van der Waals surface area contributed by atoms with Gasteiger partial charge in [-0.15, -0.1) is 12.6 Å². The lowest BCUT2D eigenvalue weighted by Gasteiger charge is -2.34. The number of rotatable bonds is 11. The number of thiol groups is 1. The first kappa shape index (κ1) is 29.4. The molecule has 1 saturated heterocycles. The van der Waals surface area contributed by atoms with Crippen molar-refractivity contribution in [2.45, 2.75) is 45.2 Å². The first-order valence-electron chi connectivity index (χ1n) is 13.1. The number of fused-ring (bicyclic) bond motifs is 1. The Kier molecular flexibility index (Phi) is 11.3. The third-order valence-corrected chi connectivity index (χ3v) is 7.15. The van der Waals surface area contributed by atoms with Crippen molar-refractivity contribution in [3.05, 3.63) is 52.9 Å². The van der Waals surface area contributed by atoms with Crippen molar-refractivity contribution in [1.82, 2.24) is 15.5 Å². The van der Waals surface area contributed by atoms with Crippen LogP contribution in [0, 0.1) is 17.2 Å². The van der Waals surface area contributed by atoms with Gasteiger partial charge in [-0.2, -0.15) is 5.26 Å². The molecule has 0 aliphatic carbocycles. The monoisotopic (exact) mass is 535 g/mol. The van der Waals surface area contributed by atoms with E-state index in [1.165, 1.54) is 0 Å². The van der Waals surface area contributed by atoms with Crippen LogP contribution in [0.1, 0.15) is 44.2 Å². The summed E-state index contributed by atoms with van der Waals surface area (Å²) in [5, 5.41) is 18.8. The van der Waals surface area contributed by atoms with Gasteiger partial charge in [0.25, 0.3) is 0 Å². The van der Waals surface area contributed by atoms with Gasteiger partial charge >= 0.3 is 0 Å². The molecule has 1 heterocycles. The number of nitrogens with zero attached hydrogens (tertiary/aromatic N) is 3. The lowest BCUT2D eigenvalue weighted by molar-refractivity contribution is -0.138. The lowest BCUT2D eigenvalue weighted by Crippen LogP contribution is -2.56. The minimum atomic E-state index is -0.621. The second kappa shape index (κ2) is 14.7. The standard InChI is InChI=1S/C29H37N5O3S/c1-4-14-34(29(36)27(21-11-16-37-17-12-21)33-28(35)20(2)31-3)15-13-32-26(19-38)25-10-9-22(18-30)23-7-5-6-8-24(23)25/h5-10,13,19-21,27,31,38H,4,11-12,14-17H2,1-3H3,(H,33,35)/b26-19-,32-13?/t20-,27?/m0/s1. The molecule has 0 radical (unpaired) electrons. The molecule has 8 nitrogen and oxygen atoms in total. The predicted molar refractivity (Wildman–Crippen MR) is 155 cm³/mol. The number of amides is 2. The molecule has 38 heavy (non-hydrogen) atoms. The van der Waals surface area contributed by atoms with Crippen molar-refractivity contribution in [3.63, 3.8) is 0 Å². The maximum absolute atomic E-state index is 13.8. The number of carbonyl (C=O) groups is 2. The van der Waals surface area contributed by atoms with Crippen molar-refractivity contribution >= 4 is 47.1 Å². The molecule has 0 spiro atoms. The average Bonchev–Trinajstić information content (AvgIpc) is 2.96. The summed E-state index contributed by atoms with van der Waals surface area (Å²) in [5.74, 6) is -0.295. The summed E-state index contributed by atoms with van der Waals surface area (Å²) in [6.45, 7) is 5.79. The van der Waals surface area contributed by atoms with Crippen LogP contribution in [0.2, 0.25) is 0 Å². The van der Waals surface area contributed by atoms with Crippen LogP contribution in [0.15, 0.2) is 46.8 Å². The van der Waals surface area contributed by atoms with Gasteiger partial charge in [-0.25, -0.2) is 0 Å². The summed E-state index contributed by atoms with van der Waals surface area (Å²) >= 11 is 4.39. The summed E-state index contributed by atoms with van der Waals surface area (Å²) in [6, 6.07) is 12.6. The van der Waals surface area contributed by atoms with Crippen LogP contribution >= 0.6 is 12.6 Å². The second-order valence-electron chi connectivity index (χ2n) is 9.37. The van der Waals surface area contributed by atoms with Crippen LogP contribution in [0.3, 0.4) is 0 Å². The van der Waals surface area contributed by atoms with Crippen LogP contribution in [-0.2, 0) is 14.3 Å². The van der Waals surface area contributed by atoms with E-state index in [1.54, 1.807) is 36.6 Å². The van der Waals surface area contributed by atoms with Crippen LogP contribution in [0.5, 0.6) is 0 Å². The van der Waals surface area contributed by atoms with E-state index in [-0.39, 0.29) is 17.7 Å². The molecule has 9 heteroatoms. The minimum Gasteiger partial charge on any atom is -0.381 e. The molecule has 2 atom stereocenters. The number of ether oxygens (including phenoxy) is 1. The van der Waals surface area contributed by atoms with Gasteiger partial charge in [0.15, 0.2) is 0 Å². The molecule has 2 aromatic carbocycles. The molecular weight excluding hydrogens is 498 g/mol. The molecule has 2 aromatic rings. The summed E-state index contributed by atoms with van der Waals surface area (Å²) < 4.78 is 5.50. The van der Waals surface area contributed by atoms with Crippen LogP contribution in [0.25, 0.3) is 16.5 Å². The van der Waals surface area contributed by atoms with E-state index in [9.17, 15) is 14.9 Å². The Hall–Kier alpha value is -3.19. The van der Waals surface area contributed by atoms with E-state index in [0.717, 1.165) is 35.6 Å². The molecule has 2 N–H and O–H groups in total. The van der Waals surface area contributed by atoms with Crippen LogP contribution in [-0.4, -0.2) is 68.4 Å². The second-order valence-corrected chi connectivity index (χ2v) is 9.63. The SMILES string of the molecule is CCCN(CC=N/C(=C\S)c1ccc(C#N)c2ccccc12)C(=O)C(NC(=O)[C@H](C)NC)C1CCOCC1. The van der Waals surface area contributed by atoms with E-state index in [4.69, 9.17) is 4.74 Å². The molecule has 0 bridgehead atoms. The van der Waals surface area contributed by atoms with E-state index in [1.807, 2.05) is 37.3 Å². The highest BCUT2D eigenvalue weighted by Crippen LogP contribution is 2.29. The summed E-state index contributed by atoms with van der Waals surface area (Å²) in [7, 11) is 1.72. The first-order chi connectivity index (χ1) is 18.4. The highest BCUT2D eigenvalue weighted by Gasteiger charge is 2.34. The van der Waals surface area contributed by atoms with E-state index >= 15 is 0 Å². The van der Waals surface area contributed by atoms with Gasteiger partial charge in [0, 0.05) is 36.9 Å². The van der Waals surface area contributed by atoms with Gasteiger partial charge in [0.1, 0.15) is 6.04 Å². The van der Waals surface area contributed by atoms with E-state index in [0.29, 0.717) is 37.6 Å². The molecule has 0 saturated carbocycles. The number of aliphatic imine (C=N–C) groups is 1. The highest BCUT2D eigenvalue weighted by atomic mass is 32.1. The van der Waals surface area contributed by atoms with Gasteiger partial charge in [-0.1, -0.05) is 37.3 Å². The van der Waals surface area contributed by atoms with Gasteiger partial charge in [-0.3, -0.25) is 14.6 Å². The number of benzene rings is 2. The maximum Gasteiger partial charge on any atom is 0.245 e. The van der Waals surface area contributed by atoms with Crippen molar-refractivity contribution in [1.29, 1.82) is 5.26 Å². The topological polar surface area (TPSA) is 107 Å². The van der Waals surface area contributed by atoms with Gasteiger partial charge < -0.3 is 20.3 Å². The number of carbonyl (C=O) groups excluding carboxylic acids is 2. The van der Waals surface area contributed by atoms with Crippen LogP contribution in [0.4, 0.5) is 0 Å². The highest BCUT2D eigenvalue weighted by molar-refractivity contribution is 7.83. The average molecular weight is 536 g/mol. The maximum atomic E-state index is 13.8. The van der Waals surface area contributed by atoms with Crippen molar-refractivity contribution in [2.24, 2.45) is 10.9 Å². The fourth-order valence-electron chi connectivity index (χ4n) is 4.63. The molecule has 202 valence electrons. The Bertz CT molecular complexity index is 1220. The zero-order valence-electron chi connectivity index (χ0n) is 22.3. The fraction of sp³-hybridized carbons (Fsp3) is 0.448. The Morgan fingerprint density at radius 2 is 1.95 bits per heavy atom. The Morgan fingerprint density at radius 3 is 2.58 bits per heavy atom. The zero-order valence-corrected chi connectivity index (χ0v) is 23.2. The van der Waals surface area contributed by atoms with Crippen molar-refractivity contribution in [3.8, 4) is 6.07 Å². The molecule has 1 aliphatic heterocycles. The Morgan fingerprint density at radius 1 is 1.24 bits per heavy atom. The summed E-state index contributed by atoms with van der Waals surface area (Å²) in [6.07, 6.45) is 3.92. The van der Waals surface area contributed by atoms with Crippen molar-refractivity contribution in [2.75, 3.05) is 33.4 Å². The molecule has 0 aromatic heterocycles. The Labute approximate surface area is 230 Å². The van der Waals surface area contributed by atoms with Crippen molar-refractivity contribution < 1.29 is 14.3 Å². The van der Waals surface area contributed by atoms with E-state index in [2.05, 4.69) is 34.3 Å². The van der Waals surface area contributed by atoms with Gasteiger partial charge in [-0.05, 0) is 56.0 Å². The smallest absolute Gasteiger partial charge is 0.245 e. The number of nitriles is 1. The van der Waals surface area contributed by atoms with Crippen LogP contribution < -0.4 is 10.6 Å². The normalized spacial score (nSPS) is 16.2. The van der Waals surface area contributed by atoms with E-state index < -0.39 is 12.1 Å². The lowest BCUT2D eigenvalue weighted by atomic mass is 9.90. The molecule has 3 rings (SSSR count). The van der Waals surface area contributed by atoms with Gasteiger partial charge in [0.2, 0.25) is 11.8 Å². The fourth-order valence-corrected chi connectivity index (χ4v) is 4.83. The molecular formula is C29H37N5O3S. The third-order valence-electron chi connectivity index (χ3n) is 6.91. The molecule has 1 aliphatic rings. The summed E-state index contributed by atoms with van der Waals surface area (Å²) in [4.78, 5) is 32.9. The number of likely N-dealkylation sites (N-methyl/N-ethyl adjacent to an activating group) is 1. The number of nitrogens with one attached hydrogen (secondary N) is 2. The van der Waals surface area contributed by atoms with Gasteiger partial charge in [0.05, 0.1) is 29.9 Å². The largest absolute Gasteiger partial charge is 0.381 e. The molecule has 1 unspecified atom stereocenters. The zero-order chi connectivity index (χ0) is 27.5. The number of hydrogen-bond acceptors (Lipinski definition) is 7. The predicted octanol–water partition coefficient (Wildman–Crippen LogP) is 3.77. The first-order valence-corrected chi connectivity index (χ1v) is 13.6. The number of hydrogen-bond donors (Lipinski definition) is 3. The Balaban J connectivity index is 1.83. The third kappa shape index (κ3) is 7.22. The minimum absolute atomic E-state index is 0.0125. The summed E-state index contributed by atoms with van der Waals surface area (Å²) in [5.41, 5.74) is 2.09.